The number of aliphatic hydroxyl groups excluding tert-OH is 1. The summed E-state index contributed by atoms with van der Waals surface area (Å²) in [5, 5.41) is 29.5. The standard InChI is InChI=1S/C33H34BrN5O8/c1-5-45-26-13-20(30-29(32(41)44-4)19(2)37-33(42)38-30)10-11-25(26)46-18-28(40)39-36-16-23-12-24(34)14-27(43-3)31(23)47-17-22-9-7-6-8-21(22)15-35/h6-14,16,28,30,39-40H,5,17-18H2,1-4H3,(H2,37,38,42)/b36-16+/t28-,30+/m0/s1. The van der Waals surface area contributed by atoms with E-state index in [1.807, 2.05) is 12.1 Å². The smallest absolute Gasteiger partial charge is 0.337 e. The van der Waals surface area contributed by atoms with Crippen molar-refractivity contribution in [2.24, 2.45) is 5.10 Å². The average Bonchev–Trinajstić information content (AvgIpc) is 3.06. The summed E-state index contributed by atoms with van der Waals surface area (Å²) >= 11 is 3.46. The molecular formula is C33H34BrN5O8. The van der Waals surface area contributed by atoms with Crippen LogP contribution in [0.4, 0.5) is 4.79 Å². The Morgan fingerprint density at radius 2 is 1.91 bits per heavy atom. The molecule has 1 aliphatic heterocycles. The van der Waals surface area contributed by atoms with Crippen LogP contribution >= 0.6 is 15.9 Å². The van der Waals surface area contributed by atoms with E-state index in [-0.39, 0.29) is 18.8 Å². The number of ether oxygens (including phenoxy) is 5. The van der Waals surface area contributed by atoms with E-state index in [0.29, 0.717) is 62.0 Å². The minimum atomic E-state index is -1.22. The summed E-state index contributed by atoms with van der Waals surface area (Å²) in [6.45, 7) is 3.65. The summed E-state index contributed by atoms with van der Waals surface area (Å²) in [6, 6.07) is 16.5. The highest BCUT2D eigenvalue weighted by atomic mass is 79.9. The molecule has 2 amide bonds. The number of esters is 1. The number of nitriles is 1. The van der Waals surface area contributed by atoms with Gasteiger partial charge in [0, 0.05) is 21.3 Å². The number of hydrogen-bond donors (Lipinski definition) is 4. The van der Waals surface area contributed by atoms with Crippen LogP contribution < -0.4 is 35.0 Å². The molecule has 2 atom stereocenters. The maximum absolute atomic E-state index is 12.5. The molecule has 47 heavy (non-hydrogen) atoms. The monoisotopic (exact) mass is 707 g/mol. The lowest BCUT2D eigenvalue weighted by molar-refractivity contribution is -0.136. The van der Waals surface area contributed by atoms with Crippen LogP contribution in [-0.4, -0.2) is 57.0 Å². The molecule has 0 unspecified atom stereocenters. The van der Waals surface area contributed by atoms with Crippen LogP contribution in [0.25, 0.3) is 0 Å². The quantitative estimate of drug-likeness (QED) is 0.0813. The minimum Gasteiger partial charge on any atom is -0.493 e. The highest BCUT2D eigenvalue weighted by Crippen LogP contribution is 2.36. The van der Waals surface area contributed by atoms with Gasteiger partial charge in [-0.05, 0) is 49.7 Å². The second-order valence-corrected chi connectivity index (χ2v) is 10.9. The Morgan fingerprint density at radius 3 is 2.64 bits per heavy atom. The summed E-state index contributed by atoms with van der Waals surface area (Å²) in [4.78, 5) is 24.7. The van der Waals surface area contributed by atoms with Crippen LogP contribution in [0.3, 0.4) is 0 Å². The van der Waals surface area contributed by atoms with Crippen LogP contribution in [0.2, 0.25) is 0 Å². The molecule has 0 aromatic heterocycles. The number of allylic oxidation sites excluding steroid dienone is 1. The van der Waals surface area contributed by atoms with Crippen molar-refractivity contribution in [3.8, 4) is 29.1 Å². The second kappa shape index (κ2) is 16.3. The normalized spacial score (nSPS) is 14.8. The molecule has 0 saturated carbocycles. The molecule has 246 valence electrons. The van der Waals surface area contributed by atoms with Gasteiger partial charge >= 0.3 is 12.0 Å². The van der Waals surface area contributed by atoms with Crippen molar-refractivity contribution < 1.29 is 38.4 Å². The summed E-state index contributed by atoms with van der Waals surface area (Å²) in [5.74, 6) is 0.922. The molecule has 13 nitrogen and oxygen atoms in total. The third-order valence-corrected chi connectivity index (χ3v) is 7.34. The molecule has 0 spiro atoms. The summed E-state index contributed by atoms with van der Waals surface area (Å²) in [6.07, 6.45) is 0.242. The zero-order valence-corrected chi connectivity index (χ0v) is 27.7. The van der Waals surface area contributed by atoms with Gasteiger partial charge in [-0.15, -0.1) is 0 Å². The van der Waals surface area contributed by atoms with Crippen LogP contribution in [-0.2, 0) is 16.1 Å². The average molecular weight is 709 g/mol. The molecule has 4 N–H and O–H groups in total. The van der Waals surface area contributed by atoms with Crippen molar-refractivity contribution in [2.75, 3.05) is 27.4 Å². The summed E-state index contributed by atoms with van der Waals surface area (Å²) in [7, 11) is 2.78. The Labute approximate surface area is 280 Å². The van der Waals surface area contributed by atoms with E-state index in [4.69, 9.17) is 23.7 Å². The first kappa shape index (κ1) is 34.6. The fourth-order valence-electron chi connectivity index (χ4n) is 4.71. The minimum absolute atomic E-state index is 0.122. The third-order valence-electron chi connectivity index (χ3n) is 6.88. The first-order chi connectivity index (χ1) is 22.7. The number of amides is 2. The lowest BCUT2D eigenvalue weighted by atomic mass is 9.95. The van der Waals surface area contributed by atoms with Crippen LogP contribution in [0.5, 0.6) is 23.0 Å². The topological polar surface area (TPSA) is 173 Å². The fourth-order valence-corrected chi connectivity index (χ4v) is 5.17. The summed E-state index contributed by atoms with van der Waals surface area (Å²) < 4.78 is 28.8. The molecule has 0 bridgehead atoms. The molecule has 0 aliphatic carbocycles. The van der Waals surface area contributed by atoms with Gasteiger partial charge in [-0.25, -0.2) is 9.59 Å². The molecule has 3 aromatic rings. The number of rotatable bonds is 14. The Bertz CT molecular complexity index is 1720. The highest BCUT2D eigenvalue weighted by Gasteiger charge is 2.32. The maximum atomic E-state index is 12.5. The third kappa shape index (κ3) is 8.72. The van der Waals surface area contributed by atoms with E-state index < -0.39 is 24.3 Å². The van der Waals surface area contributed by atoms with Crippen molar-refractivity contribution in [3.63, 3.8) is 0 Å². The predicted molar refractivity (Wildman–Crippen MR) is 175 cm³/mol. The first-order valence-electron chi connectivity index (χ1n) is 14.4. The number of carbonyl (C=O) groups excluding carboxylic acids is 2. The number of nitrogens with zero attached hydrogens (tertiary/aromatic N) is 2. The van der Waals surface area contributed by atoms with Crippen LogP contribution in [0, 0.1) is 11.3 Å². The zero-order chi connectivity index (χ0) is 33.9. The van der Waals surface area contributed by atoms with Gasteiger partial charge in [-0.3, -0.25) is 5.43 Å². The molecule has 0 saturated heterocycles. The zero-order valence-electron chi connectivity index (χ0n) is 26.1. The molecule has 4 rings (SSSR count). The largest absolute Gasteiger partial charge is 0.493 e. The van der Waals surface area contributed by atoms with Gasteiger partial charge in [0.1, 0.15) is 13.2 Å². The second-order valence-electron chi connectivity index (χ2n) is 10.00. The molecular weight excluding hydrogens is 674 g/mol. The van der Waals surface area contributed by atoms with E-state index >= 15 is 0 Å². The molecule has 14 heteroatoms. The van der Waals surface area contributed by atoms with Gasteiger partial charge in [0.15, 0.2) is 29.2 Å². The van der Waals surface area contributed by atoms with Crippen molar-refractivity contribution in [2.45, 2.75) is 32.7 Å². The molecule has 1 aliphatic rings. The fraction of sp³-hybridized carbons (Fsp3) is 0.273. The number of urea groups is 1. The van der Waals surface area contributed by atoms with E-state index in [1.54, 1.807) is 56.3 Å². The van der Waals surface area contributed by atoms with Gasteiger partial charge in [-0.2, -0.15) is 10.4 Å². The van der Waals surface area contributed by atoms with Crippen molar-refractivity contribution >= 4 is 34.1 Å². The number of benzene rings is 3. The number of methoxy groups -OCH3 is 2. The number of hydrazone groups is 1. The number of carbonyl (C=O) groups is 2. The lowest BCUT2D eigenvalue weighted by Crippen LogP contribution is -2.45. The van der Waals surface area contributed by atoms with Crippen molar-refractivity contribution in [1.29, 1.82) is 5.26 Å². The van der Waals surface area contributed by atoms with E-state index in [2.05, 4.69) is 43.2 Å². The molecule has 0 radical (unpaired) electrons. The highest BCUT2D eigenvalue weighted by molar-refractivity contribution is 9.10. The number of halogens is 1. The Morgan fingerprint density at radius 1 is 1.13 bits per heavy atom. The van der Waals surface area contributed by atoms with Gasteiger partial charge < -0.3 is 39.4 Å². The van der Waals surface area contributed by atoms with Crippen LogP contribution in [0.1, 0.15) is 42.1 Å². The molecule has 3 aromatic carbocycles. The van der Waals surface area contributed by atoms with E-state index in [0.717, 1.165) is 0 Å². The Hall–Kier alpha value is -5.26. The van der Waals surface area contributed by atoms with Crippen molar-refractivity contribution in [3.05, 3.63) is 92.6 Å². The number of hydrogen-bond acceptors (Lipinski definition) is 11. The first-order valence-corrected chi connectivity index (χ1v) is 15.2. The SMILES string of the molecule is CCOc1cc([C@H]2NC(=O)NC(C)=C2C(=O)OC)ccc1OC[C@H](O)N/N=C/c1cc(Br)cc(OC)c1OCc1ccccc1C#N. The number of nitrogens with one attached hydrogen (secondary N) is 3. The van der Waals surface area contributed by atoms with E-state index in [9.17, 15) is 20.0 Å². The molecule has 0 fully saturated rings. The van der Waals surface area contributed by atoms with Crippen LogP contribution in [0.15, 0.2) is 75.4 Å². The Balaban J connectivity index is 1.45. The molecule has 1 heterocycles. The van der Waals surface area contributed by atoms with Gasteiger partial charge in [-0.1, -0.05) is 40.2 Å². The van der Waals surface area contributed by atoms with Crippen molar-refractivity contribution in [1.82, 2.24) is 16.1 Å². The van der Waals surface area contributed by atoms with Gasteiger partial charge in [0.2, 0.25) is 0 Å². The predicted octanol–water partition coefficient (Wildman–Crippen LogP) is 4.43. The summed E-state index contributed by atoms with van der Waals surface area (Å²) in [5.41, 5.74) is 5.57. The number of aliphatic hydroxyl groups is 1. The Kier molecular flexibility index (Phi) is 12.0. The van der Waals surface area contributed by atoms with E-state index in [1.165, 1.54) is 20.4 Å². The maximum Gasteiger partial charge on any atom is 0.337 e. The van der Waals surface area contributed by atoms with Gasteiger partial charge in [0.25, 0.3) is 0 Å². The lowest BCUT2D eigenvalue weighted by Gasteiger charge is -2.28. The van der Waals surface area contributed by atoms with Gasteiger partial charge in [0.05, 0.1) is 50.3 Å².